The van der Waals surface area contributed by atoms with Crippen molar-refractivity contribution in [2.24, 2.45) is 5.73 Å². The second-order valence-corrected chi connectivity index (χ2v) is 5.08. The van der Waals surface area contributed by atoms with E-state index in [2.05, 4.69) is 41.3 Å². The Balaban J connectivity index is 0.00000220. The average Bonchev–Trinajstić information content (AvgIpc) is 2.47. The van der Waals surface area contributed by atoms with Crippen molar-refractivity contribution in [3.8, 4) is 16.9 Å². The van der Waals surface area contributed by atoms with Crippen molar-refractivity contribution in [2.45, 2.75) is 6.54 Å². The molecule has 2 aromatic carbocycles. The lowest BCUT2D eigenvalue weighted by molar-refractivity contribution is 0.261. The topological polar surface area (TPSA) is 38.5 Å². The Hall–Kier alpha value is -1.55. The molecule has 0 heterocycles. The highest BCUT2D eigenvalue weighted by molar-refractivity contribution is 5.85. The molecule has 0 aliphatic rings. The smallest absolute Gasteiger partial charge is 0.119 e. The standard InChI is InChI=1S/C17H22N2O.ClH/c1-19(2)10-11-20-17-5-3-4-16(12-17)15-8-6-14(13-18)7-9-15;/h3-9,12H,10-11,13,18H2,1-2H3;1H. The molecule has 3 nitrogen and oxygen atoms in total. The first-order chi connectivity index (χ1) is 9.69. The molecule has 0 saturated heterocycles. The summed E-state index contributed by atoms with van der Waals surface area (Å²) < 4.78 is 5.76. The van der Waals surface area contributed by atoms with Crippen molar-refractivity contribution >= 4 is 12.4 Å². The Labute approximate surface area is 133 Å². The van der Waals surface area contributed by atoms with Crippen LogP contribution >= 0.6 is 12.4 Å². The summed E-state index contributed by atoms with van der Waals surface area (Å²) in [5.74, 6) is 0.909. The van der Waals surface area contributed by atoms with Crippen molar-refractivity contribution in [3.05, 3.63) is 54.1 Å². The largest absolute Gasteiger partial charge is 0.492 e. The average molecular weight is 307 g/mol. The van der Waals surface area contributed by atoms with Gasteiger partial charge in [-0.2, -0.15) is 0 Å². The van der Waals surface area contributed by atoms with Crippen LogP contribution in [0.4, 0.5) is 0 Å². The number of nitrogens with zero attached hydrogens (tertiary/aromatic N) is 1. The highest BCUT2D eigenvalue weighted by Crippen LogP contribution is 2.24. The van der Waals surface area contributed by atoms with Crippen LogP contribution in [0.5, 0.6) is 5.75 Å². The lowest BCUT2D eigenvalue weighted by Crippen LogP contribution is -2.19. The quantitative estimate of drug-likeness (QED) is 0.891. The van der Waals surface area contributed by atoms with Gasteiger partial charge in [-0.05, 0) is 42.9 Å². The summed E-state index contributed by atoms with van der Waals surface area (Å²) in [4.78, 5) is 2.11. The predicted molar refractivity (Wildman–Crippen MR) is 91.1 cm³/mol. The molecule has 0 fully saturated rings. The maximum absolute atomic E-state index is 5.76. The molecule has 2 aromatic rings. The molecule has 2 N–H and O–H groups in total. The Morgan fingerprint density at radius 1 is 1.00 bits per heavy atom. The van der Waals surface area contributed by atoms with Gasteiger partial charge in [-0.1, -0.05) is 36.4 Å². The van der Waals surface area contributed by atoms with Gasteiger partial charge in [0.2, 0.25) is 0 Å². The van der Waals surface area contributed by atoms with Crippen LogP contribution in [0.3, 0.4) is 0 Å². The second-order valence-electron chi connectivity index (χ2n) is 5.08. The molecule has 0 aliphatic heterocycles. The minimum Gasteiger partial charge on any atom is -0.492 e. The minimum absolute atomic E-state index is 0. The van der Waals surface area contributed by atoms with Crippen LogP contribution in [0.2, 0.25) is 0 Å². The van der Waals surface area contributed by atoms with Gasteiger partial charge >= 0.3 is 0 Å². The van der Waals surface area contributed by atoms with Crippen LogP contribution < -0.4 is 10.5 Å². The van der Waals surface area contributed by atoms with Crippen molar-refractivity contribution < 1.29 is 4.74 Å². The van der Waals surface area contributed by atoms with E-state index in [1.54, 1.807) is 0 Å². The first-order valence-electron chi connectivity index (χ1n) is 6.86. The summed E-state index contributed by atoms with van der Waals surface area (Å²) in [5, 5.41) is 0. The van der Waals surface area contributed by atoms with E-state index in [0.29, 0.717) is 13.2 Å². The Morgan fingerprint density at radius 2 is 1.71 bits per heavy atom. The number of hydrogen-bond acceptors (Lipinski definition) is 3. The number of ether oxygens (including phenoxy) is 1. The van der Waals surface area contributed by atoms with Crippen LogP contribution in [0, 0.1) is 0 Å². The van der Waals surface area contributed by atoms with Crippen molar-refractivity contribution in [3.63, 3.8) is 0 Å². The van der Waals surface area contributed by atoms with Crippen molar-refractivity contribution in [2.75, 3.05) is 27.2 Å². The van der Waals surface area contributed by atoms with Crippen LogP contribution in [-0.2, 0) is 6.54 Å². The molecule has 114 valence electrons. The molecular weight excluding hydrogens is 284 g/mol. The van der Waals surface area contributed by atoms with Gasteiger partial charge in [-0.15, -0.1) is 12.4 Å². The summed E-state index contributed by atoms with van der Waals surface area (Å²) in [5.41, 5.74) is 9.11. The lowest BCUT2D eigenvalue weighted by Gasteiger charge is -2.12. The molecule has 0 saturated carbocycles. The van der Waals surface area contributed by atoms with Gasteiger partial charge in [0.25, 0.3) is 0 Å². The van der Waals surface area contributed by atoms with Gasteiger partial charge in [0.05, 0.1) is 0 Å². The second kappa shape index (κ2) is 8.67. The summed E-state index contributed by atoms with van der Waals surface area (Å²) >= 11 is 0. The number of likely N-dealkylation sites (N-methyl/N-ethyl adjacent to an activating group) is 1. The fourth-order valence-corrected chi connectivity index (χ4v) is 1.94. The van der Waals surface area contributed by atoms with E-state index < -0.39 is 0 Å². The third-order valence-corrected chi connectivity index (χ3v) is 3.16. The third kappa shape index (κ3) is 5.38. The number of rotatable bonds is 6. The zero-order chi connectivity index (χ0) is 14.4. The molecule has 0 aromatic heterocycles. The maximum Gasteiger partial charge on any atom is 0.119 e. The van der Waals surface area contributed by atoms with Crippen molar-refractivity contribution in [1.29, 1.82) is 0 Å². The van der Waals surface area contributed by atoms with Crippen LogP contribution in [0.1, 0.15) is 5.56 Å². The first kappa shape index (κ1) is 17.5. The minimum atomic E-state index is 0. The molecule has 4 heteroatoms. The summed E-state index contributed by atoms with van der Waals surface area (Å²) in [6.07, 6.45) is 0. The maximum atomic E-state index is 5.76. The molecule has 2 rings (SSSR count). The van der Waals surface area contributed by atoms with E-state index >= 15 is 0 Å². The molecular formula is C17H23ClN2O. The highest BCUT2D eigenvalue weighted by atomic mass is 35.5. The Morgan fingerprint density at radius 3 is 2.33 bits per heavy atom. The molecule has 0 bridgehead atoms. The van der Waals surface area contributed by atoms with Gasteiger partial charge < -0.3 is 15.4 Å². The summed E-state index contributed by atoms with van der Waals surface area (Å²) in [6, 6.07) is 16.5. The van der Waals surface area contributed by atoms with Crippen LogP contribution in [0.15, 0.2) is 48.5 Å². The molecule has 0 unspecified atom stereocenters. The van der Waals surface area contributed by atoms with Crippen molar-refractivity contribution in [1.82, 2.24) is 4.90 Å². The normalized spacial score (nSPS) is 10.3. The molecule has 0 atom stereocenters. The highest BCUT2D eigenvalue weighted by Gasteiger charge is 2.01. The van der Waals surface area contributed by atoms with E-state index in [-0.39, 0.29) is 12.4 Å². The fraction of sp³-hybridized carbons (Fsp3) is 0.294. The third-order valence-electron chi connectivity index (χ3n) is 3.16. The molecule has 0 aliphatic carbocycles. The molecule has 0 spiro atoms. The monoisotopic (exact) mass is 306 g/mol. The Kier molecular flexibility index (Phi) is 7.23. The van der Waals surface area contributed by atoms with E-state index in [0.717, 1.165) is 23.4 Å². The van der Waals surface area contributed by atoms with Gasteiger partial charge in [-0.3, -0.25) is 0 Å². The summed E-state index contributed by atoms with van der Waals surface area (Å²) in [7, 11) is 4.08. The van der Waals surface area contributed by atoms with E-state index in [1.165, 1.54) is 5.56 Å². The molecule has 0 radical (unpaired) electrons. The van der Waals surface area contributed by atoms with Gasteiger partial charge in [0.1, 0.15) is 12.4 Å². The number of halogens is 1. The first-order valence-corrected chi connectivity index (χ1v) is 6.86. The van der Waals surface area contributed by atoms with Crippen LogP contribution in [0.25, 0.3) is 11.1 Å². The molecule has 21 heavy (non-hydrogen) atoms. The van der Waals surface area contributed by atoms with Gasteiger partial charge in [0, 0.05) is 13.1 Å². The van der Waals surface area contributed by atoms with Gasteiger partial charge in [0.15, 0.2) is 0 Å². The van der Waals surface area contributed by atoms with E-state index in [4.69, 9.17) is 10.5 Å². The van der Waals surface area contributed by atoms with Gasteiger partial charge in [-0.25, -0.2) is 0 Å². The fourth-order valence-electron chi connectivity index (χ4n) is 1.94. The summed E-state index contributed by atoms with van der Waals surface area (Å²) in [6.45, 7) is 2.19. The van der Waals surface area contributed by atoms with Crippen LogP contribution in [-0.4, -0.2) is 32.1 Å². The number of benzene rings is 2. The predicted octanol–water partition coefficient (Wildman–Crippen LogP) is 3.17. The number of hydrogen-bond donors (Lipinski definition) is 1. The number of nitrogens with two attached hydrogens (primary N) is 1. The zero-order valence-corrected chi connectivity index (χ0v) is 13.4. The van der Waals surface area contributed by atoms with E-state index in [9.17, 15) is 0 Å². The Bertz CT molecular complexity index is 541. The SMILES string of the molecule is CN(C)CCOc1cccc(-c2ccc(CN)cc2)c1.Cl. The lowest BCUT2D eigenvalue weighted by atomic mass is 10.0. The molecule has 0 amide bonds. The zero-order valence-electron chi connectivity index (χ0n) is 12.6. The van der Waals surface area contributed by atoms with E-state index in [1.807, 2.05) is 26.2 Å².